The average molecular weight is 268 g/mol. The van der Waals surface area contributed by atoms with Crippen LogP contribution < -0.4 is 10.6 Å². The van der Waals surface area contributed by atoms with Crippen LogP contribution in [0, 0.1) is 0 Å². The quantitative estimate of drug-likeness (QED) is 0.853. The van der Waals surface area contributed by atoms with Gasteiger partial charge in [0.05, 0.1) is 12.8 Å². The van der Waals surface area contributed by atoms with Crippen LogP contribution in [0.3, 0.4) is 0 Å². The third kappa shape index (κ3) is 7.13. The average Bonchev–Trinajstić information content (AvgIpc) is 2.76. The number of rotatable bonds is 5. The maximum Gasteiger partial charge on any atom is 0.407 e. The van der Waals surface area contributed by atoms with E-state index in [4.69, 9.17) is 9.15 Å². The summed E-state index contributed by atoms with van der Waals surface area (Å²) in [6.45, 7) is 5.92. The Hall–Kier alpha value is -1.98. The topological polar surface area (TPSA) is 80.6 Å². The highest BCUT2D eigenvalue weighted by Crippen LogP contribution is 2.06. The second-order valence-corrected chi connectivity index (χ2v) is 5.03. The summed E-state index contributed by atoms with van der Waals surface area (Å²) in [5.41, 5.74) is -0.536. The third-order valence-electron chi connectivity index (χ3n) is 2.06. The highest BCUT2D eigenvalue weighted by Gasteiger charge is 2.15. The van der Waals surface area contributed by atoms with E-state index in [1.54, 1.807) is 39.2 Å². The number of hydrogen-bond acceptors (Lipinski definition) is 4. The van der Waals surface area contributed by atoms with E-state index in [1.165, 1.54) is 0 Å². The van der Waals surface area contributed by atoms with Gasteiger partial charge < -0.3 is 19.8 Å². The number of furan rings is 1. The zero-order chi connectivity index (χ0) is 14.3. The van der Waals surface area contributed by atoms with Gasteiger partial charge in [-0.3, -0.25) is 4.79 Å². The number of hydrogen-bond donors (Lipinski definition) is 2. The van der Waals surface area contributed by atoms with Gasteiger partial charge in [0.25, 0.3) is 0 Å². The lowest BCUT2D eigenvalue weighted by Gasteiger charge is -2.19. The van der Waals surface area contributed by atoms with Gasteiger partial charge in [0.1, 0.15) is 11.4 Å². The summed E-state index contributed by atoms with van der Waals surface area (Å²) in [4.78, 5) is 22.8. The van der Waals surface area contributed by atoms with Crippen molar-refractivity contribution in [3.8, 4) is 0 Å². The first-order valence-electron chi connectivity index (χ1n) is 6.13. The first kappa shape index (κ1) is 15.1. The minimum absolute atomic E-state index is 0.160. The molecule has 0 aliphatic carbocycles. The highest BCUT2D eigenvalue weighted by atomic mass is 16.6. The Morgan fingerprint density at radius 2 is 2.05 bits per heavy atom. The van der Waals surface area contributed by atoms with Crippen molar-refractivity contribution in [1.29, 1.82) is 0 Å². The number of nitrogens with one attached hydrogen (secondary N) is 2. The lowest BCUT2D eigenvalue weighted by Crippen LogP contribution is -2.35. The van der Waals surface area contributed by atoms with Crippen molar-refractivity contribution in [3.63, 3.8) is 0 Å². The van der Waals surface area contributed by atoms with Gasteiger partial charge in [0.15, 0.2) is 0 Å². The van der Waals surface area contributed by atoms with Crippen molar-refractivity contribution in [3.05, 3.63) is 24.2 Å². The van der Waals surface area contributed by atoms with Crippen molar-refractivity contribution in [2.75, 3.05) is 6.54 Å². The van der Waals surface area contributed by atoms with Crippen LogP contribution in [0.2, 0.25) is 0 Å². The Bertz CT molecular complexity index is 407. The van der Waals surface area contributed by atoms with Crippen LogP contribution >= 0.6 is 0 Å². The fraction of sp³-hybridized carbons (Fsp3) is 0.538. The molecule has 0 saturated heterocycles. The van der Waals surface area contributed by atoms with Gasteiger partial charge in [0, 0.05) is 13.0 Å². The second-order valence-electron chi connectivity index (χ2n) is 5.03. The number of carbonyl (C=O) groups is 2. The van der Waals surface area contributed by atoms with Gasteiger partial charge in [-0.2, -0.15) is 0 Å². The number of alkyl carbamates (subject to hydrolysis) is 1. The molecule has 106 valence electrons. The Kier molecular flexibility index (Phi) is 5.41. The number of carbonyl (C=O) groups excluding carboxylic acids is 2. The molecule has 0 aromatic carbocycles. The van der Waals surface area contributed by atoms with Crippen molar-refractivity contribution in [1.82, 2.24) is 10.6 Å². The van der Waals surface area contributed by atoms with E-state index in [0.717, 1.165) is 0 Å². The summed E-state index contributed by atoms with van der Waals surface area (Å²) in [7, 11) is 0. The number of ether oxygens (including phenoxy) is 1. The molecular weight excluding hydrogens is 248 g/mol. The van der Waals surface area contributed by atoms with Crippen LogP contribution in [-0.2, 0) is 16.1 Å². The van der Waals surface area contributed by atoms with Crippen LogP contribution in [0.4, 0.5) is 4.79 Å². The highest BCUT2D eigenvalue weighted by molar-refractivity contribution is 5.76. The molecule has 0 saturated carbocycles. The lowest BCUT2D eigenvalue weighted by molar-refractivity contribution is -0.121. The molecule has 1 heterocycles. The third-order valence-corrected chi connectivity index (χ3v) is 2.06. The largest absolute Gasteiger partial charge is 0.467 e. The maximum absolute atomic E-state index is 11.5. The molecule has 6 heteroatoms. The maximum atomic E-state index is 11.5. The van der Waals surface area contributed by atoms with E-state index >= 15 is 0 Å². The normalized spacial score (nSPS) is 10.9. The molecule has 1 rings (SSSR count). The number of amides is 2. The van der Waals surface area contributed by atoms with Gasteiger partial charge in [-0.15, -0.1) is 0 Å². The zero-order valence-electron chi connectivity index (χ0n) is 11.5. The van der Waals surface area contributed by atoms with Crippen LogP contribution in [0.15, 0.2) is 22.8 Å². The smallest absolute Gasteiger partial charge is 0.407 e. The molecule has 0 spiro atoms. The minimum atomic E-state index is -0.536. The Morgan fingerprint density at radius 1 is 1.32 bits per heavy atom. The SMILES string of the molecule is CC(C)(C)OC(=O)NCCC(=O)NCc1ccco1. The van der Waals surface area contributed by atoms with Crippen LogP contribution in [0.1, 0.15) is 33.0 Å². The molecule has 0 unspecified atom stereocenters. The first-order chi connectivity index (χ1) is 8.87. The molecule has 0 aliphatic heterocycles. The summed E-state index contributed by atoms with van der Waals surface area (Å²) >= 11 is 0. The first-order valence-corrected chi connectivity index (χ1v) is 6.13. The molecule has 2 N–H and O–H groups in total. The molecule has 1 aromatic rings. The van der Waals surface area contributed by atoms with Gasteiger partial charge in [-0.1, -0.05) is 0 Å². The predicted molar refractivity (Wildman–Crippen MR) is 69.4 cm³/mol. The fourth-order valence-electron chi connectivity index (χ4n) is 1.28. The molecule has 2 amide bonds. The second kappa shape index (κ2) is 6.82. The van der Waals surface area contributed by atoms with Crippen molar-refractivity contribution in [2.45, 2.75) is 39.3 Å². The minimum Gasteiger partial charge on any atom is -0.467 e. The van der Waals surface area contributed by atoms with Crippen LogP contribution in [0.25, 0.3) is 0 Å². The van der Waals surface area contributed by atoms with Gasteiger partial charge >= 0.3 is 6.09 Å². The Labute approximate surface area is 112 Å². The molecule has 0 bridgehead atoms. The molecule has 1 aromatic heterocycles. The van der Waals surface area contributed by atoms with Crippen LogP contribution in [-0.4, -0.2) is 24.1 Å². The Balaban J connectivity index is 2.12. The van der Waals surface area contributed by atoms with E-state index in [2.05, 4.69) is 10.6 Å². The summed E-state index contributed by atoms with van der Waals surface area (Å²) < 4.78 is 10.1. The van der Waals surface area contributed by atoms with Crippen molar-refractivity contribution in [2.24, 2.45) is 0 Å². The molecule has 0 radical (unpaired) electrons. The molecule has 0 atom stereocenters. The lowest BCUT2D eigenvalue weighted by atomic mass is 10.2. The van der Waals surface area contributed by atoms with Crippen LogP contribution in [0.5, 0.6) is 0 Å². The summed E-state index contributed by atoms with van der Waals surface area (Å²) in [5.74, 6) is 0.529. The molecular formula is C13H20N2O4. The summed E-state index contributed by atoms with van der Waals surface area (Å²) in [5, 5.41) is 5.20. The van der Waals surface area contributed by atoms with E-state index in [0.29, 0.717) is 12.3 Å². The van der Waals surface area contributed by atoms with E-state index in [1.807, 2.05) is 0 Å². The summed E-state index contributed by atoms with van der Waals surface area (Å²) in [6, 6.07) is 3.53. The standard InChI is InChI=1S/C13H20N2O4/c1-13(2,3)19-12(17)14-7-6-11(16)15-9-10-5-4-8-18-10/h4-5,8H,6-7,9H2,1-3H3,(H,14,17)(H,15,16). The molecule has 0 fully saturated rings. The van der Waals surface area contributed by atoms with E-state index in [9.17, 15) is 9.59 Å². The zero-order valence-corrected chi connectivity index (χ0v) is 11.5. The molecule has 0 aliphatic rings. The predicted octanol–water partition coefficient (Wildman–Crippen LogP) is 1.81. The van der Waals surface area contributed by atoms with Gasteiger partial charge in [0.2, 0.25) is 5.91 Å². The van der Waals surface area contributed by atoms with Crippen molar-refractivity contribution >= 4 is 12.0 Å². The monoisotopic (exact) mass is 268 g/mol. The fourth-order valence-corrected chi connectivity index (χ4v) is 1.28. The summed E-state index contributed by atoms with van der Waals surface area (Å²) in [6.07, 6.45) is 1.22. The van der Waals surface area contributed by atoms with Gasteiger partial charge in [-0.05, 0) is 32.9 Å². The van der Waals surface area contributed by atoms with E-state index < -0.39 is 11.7 Å². The molecule has 6 nitrogen and oxygen atoms in total. The van der Waals surface area contributed by atoms with E-state index in [-0.39, 0.29) is 18.9 Å². The molecule has 19 heavy (non-hydrogen) atoms. The Morgan fingerprint density at radius 3 is 2.63 bits per heavy atom. The van der Waals surface area contributed by atoms with Crippen molar-refractivity contribution < 1.29 is 18.7 Å². The van der Waals surface area contributed by atoms with Gasteiger partial charge in [-0.25, -0.2) is 4.79 Å².